The van der Waals surface area contributed by atoms with Gasteiger partial charge in [-0.05, 0) is 37.1 Å². The van der Waals surface area contributed by atoms with Crippen molar-refractivity contribution in [3.8, 4) is 0 Å². The Morgan fingerprint density at radius 2 is 2.05 bits per heavy atom. The zero-order chi connectivity index (χ0) is 15.4. The van der Waals surface area contributed by atoms with Crippen LogP contribution in [-0.2, 0) is 0 Å². The lowest BCUT2D eigenvalue weighted by Gasteiger charge is -2.32. The second-order valence-electron chi connectivity index (χ2n) is 5.19. The maximum atomic E-state index is 12.4. The highest BCUT2D eigenvalue weighted by Gasteiger charge is 2.21. The Kier molecular flexibility index (Phi) is 5.97. The minimum absolute atomic E-state index is 0.275. The first-order valence-corrected chi connectivity index (χ1v) is 8.87. The van der Waals surface area contributed by atoms with Gasteiger partial charge < -0.3 is 4.90 Å². The van der Waals surface area contributed by atoms with E-state index in [1.165, 1.54) is 18.2 Å². The van der Waals surface area contributed by atoms with Crippen molar-refractivity contribution in [3.05, 3.63) is 33.8 Å². The van der Waals surface area contributed by atoms with Crippen molar-refractivity contribution in [1.29, 1.82) is 0 Å². The van der Waals surface area contributed by atoms with Crippen LogP contribution < -0.4 is 0 Å². The third kappa shape index (κ3) is 4.15. The molecule has 0 bridgehead atoms. The first-order chi connectivity index (χ1) is 10.0. The van der Waals surface area contributed by atoms with Crippen molar-refractivity contribution >= 4 is 46.0 Å². The van der Waals surface area contributed by atoms with E-state index in [-0.39, 0.29) is 11.5 Å². The molecule has 114 valence electrons. The number of benzene rings is 1. The first kappa shape index (κ1) is 16.7. The maximum absolute atomic E-state index is 12.4. The van der Waals surface area contributed by atoms with Gasteiger partial charge in [0, 0.05) is 13.1 Å². The summed E-state index contributed by atoms with van der Waals surface area (Å²) in [6.07, 6.45) is 4.28. The van der Waals surface area contributed by atoms with Gasteiger partial charge in [0.15, 0.2) is 5.17 Å². The van der Waals surface area contributed by atoms with E-state index in [0.29, 0.717) is 16.0 Å². The van der Waals surface area contributed by atoms with Crippen LogP contribution in [0.4, 0.5) is 0 Å². The van der Waals surface area contributed by atoms with Crippen LogP contribution in [0, 0.1) is 5.92 Å². The minimum Gasteiger partial charge on any atom is -0.351 e. The number of amides is 1. The molecule has 1 atom stereocenters. The summed E-state index contributed by atoms with van der Waals surface area (Å²) in [5.41, 5.74) is 0.275. The molecule has 1 unspecified atom stereocenters. The number of nitrogens with zero attached hydrogens (tertiary/aromatic N) is 2. The highest BCUT2D eigenvalue weighted by molar-refractivity contribution is 8.13. The van der Waals surface area contributed by atoms with Gasteiger partial charge in [-0.1, -0.05) is 48.0 Å². The summed E-state index contributed by atoms with van der Waals surface area (Å²) in [6, 6.07) is 5.02. The number of amidine groups is 1. The fourth-order valence-corrected chi connectivity index (χ4v) is 3.61. The number of likely N-dealkylation sites (tertiary alicyclic amines) is 1. The maximum Gasteiger partial charge on any atom is 0.282 e. The molecule has 1 saturated heterocycles. The Balaban J connectivity index is 2.25. The average Bonchev–Trinajstić information content (AvgIpc) is 2.44. The van der Waals surface area contributed by atoms with E-state index in [1.54, 1.807) is 18.2 Å². The molecule has 0 aromatic heterocycles. The third-order valence-electron chi connectivity index (χ3n) is 3.48. The fourth-order valence-electron chi connectivity index (χ4n) is 2.45. The van der Waals surface area contributed by atoms with Crippen LogP contribution in [0.15, 0.2) is 23.2 Å². The second-order valence-corrected chi connectivity index (χ2v) is 6.78. The predicted molar refractivity (Wildman–Crippen MR) is 91.7 cm³/mol. The Morgan fingerprint density at radius 3 is 2.62 bits per heavy atom. The van der Waals surface area contributed by atoms with Gasteiger partial charge in [-0.3, -0.25) is 4.79 Å². The normalized spacial score (nSPS) is 19.7. The summed E-state index contributed by atoms with van der Waals surface area (Å²) in [5.74, 6) is 0.239. The molecule has 0 N–H and O–H groups in total. The smallest absolute Gasteiger partial charge is 0.282 e. The number of aliphatic imine (C=N–C) groups is 1. The second kappa shape index (κ2) is 7.52. The molecular weight excluding hydrogens is 327 g/mol. The summed E-state index contributed by atoms with van der Waals surface area (Å²) < 4.78 is 0. The van der Waals surface area contributed by atoms with Crippen LogP contribution in [0.1, 0.15) is 30.1 Å². The molecule has 0 aliphatic carbocycles. The summed E-state index contributed by atoms with van der Waals surface area (Å²) >= 11 is 13.6. The molecule has 2 rings (SSSR count). The zero-order valence-electron chi connectivity index (χ0n) is 12.1. The van der Waals surface area contributed by atoms with E-state index >= 15 is 0 Å². The Labute approximate surface area is 139 Å². The van der Waals surface area contributed by atoms with Crippen molar-refractivity contribution < 1.29 is 4.79 Å². The van der Waals surface area contributed by atoms with Crippen LogP contribution in [-0.4, -0.2) is 35.3 Å². The average molecular weight is 345 g/mol. The number of rotatable bonds is 1. The third-order valence-corrected chi connectivity index (χ3v) is 4.83. The molecule has 21 heavy (non-hydrogen) atoms. The molecule has 1 fully saturated rings. The van der Waals surface area contributed by atoms with Crippen molar-refractivity contribution in [2.45, 2.75) is 19.8 Å². The molecule has 6 heteroatoms. The predicted octanol–water partition coefficient (Wildman–Crippen LogP) is 4.58. The largest absolute Gasteiger partial charge is 0.351 e. The summed E-state index contributed by atoms with van der Waals surface area (Å²) in [5, 5.41) is 1.41. The van der Waals surface area contributed by atoms with Crippen molar-refractivity contribution in [3.63, 3.8) is 0 Å². The monoisotopic (exact) mass is 344 g/mol. The van der Waals surface area contributed by atoms with Crippen LogP contribution in [0.3, 0.4) is 0 Å². The van der Waals surface area contributed by atoms with Gasteiger partial charge in [0.1, 0.15) is 0 Å². The molecule has 1 heterocycles. The number of thioether (sulfide) groups is 1. The van der Waals surface area contributed by atoms with Gasteiger partial charge in [0.2, 0.25) is 0 Å². The topological polar surface area (TPSA) is 32.7 Å². The lowest BCUT2D eigenvalue weighted by atomic mass is 10.0. The number of carbonyl (C=O) groups is 1. The SMILES string of the molecule is CSC(=NC(=O)c1c(Cl)cccc1Cl)N1CCCC(C)C1. The van der Waals surface area contributed by atoms with Crippen LogP contribution in [0.5, 0.6) is 0 Å². The molecule has 3 nitrogen and oxygen atoms in total. The van der Waals surface area contributed by atoms with E-state index in [2.05, 4.69) is 16.8 Å². The molecule has 1 aliphatic heterocycles. The summed E-state index contributed by atoms with van der Waals surface area (Å²) in [6.45, 7) is 4.09. The summed E-state index contributed by atoms with van der Waals surface area (Å²) in [4.78, 5) is 18.8. The highest BCUT2D eigenvalue weighted by Crippen LogP contribution is 2.26. The Hall–Kier alpha value is -0.710. The Bertz CT molecular complexity index is 542. The zero-order valence-corrected chi connectivity index (χ0v) is 14.4. The first-order valence-electron chi connectivity index (χ1n) is 6.89. The number of carbonyl (C=O) groups excluding carboxylic acids is 1. The van der Waals surface area contributed by atoms with Gasteiger partial charge in [-0.15, -0.1) is 0 Å². The fraction of sp³-hybridized carbons (Fsp3) is 0.467. The van der Waals surface area contributed by atoms with Gasteiger partial charge in [-0.25, -0.2) is 0 Å². The van der Waals surface area contributed by atoms with E-state index in [1.807, 2.05) is 6.26 Å². The number of halogens is 2. The molecule has 1 aromatic rings. The number of piperidine rings is 1. The molecule has 1 amide bonds. The van der Waals surface area contributed by atoms with Gasteiger partial charge >= 0.3 is 0 Å². The van der Waals surface area contributed by atoms with Gasteiger partial charge in [-0.2, -0.15) is 4.99 Å². The number of hydrogen-bond donors (Lipinski definition) is 0. The lowest BCUT2D eigenvalue weighted by molar-refractivity contribution is 0.100. The van der Waals surface area contributed by atoms with Gasteiger partial charge in [0.05, 0.1) is 15.6 Å². The van der Waals surface area contributed by atoms with Crippen molar-refractivity contribution in [2.24, 2.45) is 10.9 Å². The molecule has 0 radical (unpaired) electrons. The van der Waals surface area contributed by atoms with Gasteiger partial charge in [0.25, 0.3) is 5.91 Å². The van der Waals surface area contributed by atoms with E-state index in [0.717, 1.165) is 24.7 Å². The van der Waals surface area contributed by atoms with Crippen molar-refractivity contribution in [2.75, 3.05) is 19.3 Å². The van der Waals surface area contributed by atoms with Crippen molar-refractivity contribution in [1.82, 2.24) is 4.90 Å². The molecular formula is C15H18Cl2N2OS. The minimum atomic E-state index is -0.381. The van der Waals surface area contributed by atoms with Crippen LogP contribution >= 0.6 is 35.0 Å². The molecule has 0 spiro atoms. The Morgan fingerprint density at radius 1 is 1.38 bits per heavy atom. The summed E-state index contributed by atoms with van der Waals surface area (Å²) in [7, 11) is 0. The lowest BCUT2D eigenvalue weighted by Crippen LogP contribution is -2.38. The van der Waals surface area contributed by atoms with E-state index in [9.17, 15) is 4.79 Å². The highest BCUT2D eigenvalue weighted by atomic mass is 35.5. The quantitative estimate of drug-likeness (QED) is 0.551. The van der Waals surface area contributed by atoms with E-state index in [4.69, 9.17) is 23.2 Å². The van der Waals surface area contributed by atoms with E-state index < -0.39 is 0 Å². The number of hydrogen-bond acceptors (Lipinski definition) is 2. The molecule has 1 aliphatic rings. The van der Waals surface area contributed by atoms with Crippen LogP contribution in [0.25, 0.3) is 0 Å². The molecule has 1 aromatic carbocycles. The standard InChI is InChI=1S/C15H18Cl2N2OS/c1-10-5-4-8-19(9-10)15(21-2)18-14(20)13-11(16)6-3-7-12(13)17/h3,6-7,10H,4-5,8-9H2,1-2H3. The van der Waals surface area contributed by atoms with Crippen LogP contribution in [0.2, 0.25) is 10.0 Å². The molecule has 0 saturated carbocycles.